The van der Waals surface area contributed by atoms with Crippen LogP contribution >= 0.6 is 0 Å². The van der Waals surface area contributed by atoms with E-state index in [0.29, 0.717) is 6.54 Å². The van der Waals surface area contributed by atoms with Gasteiger partial charge in [0.15, 0.2) is 5.82 Å². The molecule has 0 spiro atoms. The monoisotopic (exact) mass is 279 g/mol. The van der Waals surface area contributed by atoms with Crippen LogP contribution in [0.4, 0.5) is 5.69 Å². The Labute approximate surface area is 123 Å². The lowest BCUT2D eigenvalue weighted by Gasteiger charge is -2.10. The van der Waals surface area contributed by atoms with Crippen molar-refractivity contribution in [2.24, 2.45) is 0 Å². The second kappa shape index (κ2) is 6.17. The van der Waals surface area contributed by atoms with E-state index >= 15 is 0 Å². The number of nitrogens with zero attached hydrogens (tertiary/aromatic N) is 4. The maximum atomic E-state index is 4.10. The Morgan fingerprint density at radius 3 is 2.57 bits per heavy atom. The Bertz CT molecular complexity index is 705. The third kappa shape index (κ3) is 2.91. The zero-order valence-electron chi connectivity index (χ0n) is 11.9. The smallest absolute Gasteiger partial charge is 0.175 e. The van der Waals surface area contributed by atoms with Gasteiger partial charge in [-0.25, -0.2) is 0 Å². The molecule has 0 unspecified atom stereocenters. The highest BCUT2D eigenvalue weighted by Gasteiger charge is 2.08. The van der Waals surface area contributed by atoms with E-state index in [2.05, 4.69) is 46.0 Å². The summed E-state index contributed by atoms with van der Waals surface area (Å²) in [6.07, 6.45) is 0.993. The second-order valence-electron chi connectivity index (χ2n) is 4.71. The molecule has 0 amide bonds. The molecular weight excluding hydrogens is 262 g/mol. The molecule has 21 heavy (non-hydrogen) atoms. The summed E-state index contributed by atoms with van der Waals surface area (Å²) in [5.41, 5.74) is 3.38. The van der Waals surface area contributed by atoms with Crippen molar-refractivity contribution in [1.82, 2.24) is 20.2 Å². The topological polar surface area (TPSA) is 55.6 Å². The first-order chi connectivity index (χ1) is 10.4. The van der Waals surface area contributed by atoms with Crippen LogP contribution in [0.3, 0.4) is 0 Å². The molecular formula is C16H17N5. The van der Waals surface area contributed by atoms with Gasteiger partial charge in [-0.1, -0.05) is 43.3 Å². The van der Waals surface area contributed by atoms with Crippen LogP contribution in [-0.2, 0) is 13.0 Å². The first-order valence-corrected chi connectivity index (χ1v) is 7.03. The van der Waals surface area contributed by atoms with Crippen molar-refractivity contribution in [2.45, 2.75) is 19.9 Å². The van der Waals surface area contributed by atoms with E-state index in [1.807, 2.05) is 36.4 Å². The van der Waals surface area contributed by atoms with Crippen LogP contribution in [0.1, 0.15) is 18.3 Å². The Morgan fingerprint density at radius 1 is 1.00 bits per heavy atom. The van der Waals surface area contributed by atoms with E-state index < -0.39 is 0 Å². The fourth-order valence-electron chi connectivity index (χ4n) is 2.26. The number of hydrogen-bond acceptors (Lipinski definition) is 4. The van der Waals surface area contributed by atoms with Gasteiger partial charge < -0.3 is 5.32 Å². The minimum atomic E-state index is 0.582. The predicted octanol–water partition coefficient (Wildman–Crippen LogP) is 2.84. The van der Waals surface area contributed by atoms with E-state index in [-0.39, 0.29) is 0 Å². The van der Waals surface area contributed by atoms with Crippen molar-refractivity contribution < 1.29 is 0 Å². The van der Waals surface area contributed by atoms with Gasteiger partial charge in [0, 0.05) is 5.69 Å². The number of rotatable bonds is 5. The molecule has 0 saturated carbocycles. The van der Waals surface area contributed by atoms with Crippen molar-refractivity contribution in [3.8, 4) is 5.69 Å². The molecule has 0 fully saturated rings. The molecule has 106 valence electrons. The SMILES string of the molecule is CCc1ccccc1NCc1nnnn1-c1ccccc1. The van der Waals surface area contributed by atoms with Gasteiger partial charge in [0.1, 0.15) is 0 Å². The summed E-state index contributed by atoms with van der Waals surface area (Å²) in [7, 11) is 0. The molecule has 0 radical (unpaired) electrons. The van der Waals surface area contributed by atoms with Gasteiger partial charge >= 0.3 is 0 Å². The highest BCUT2D eigenvalue weighted by Crippen LogP contribution is 2.16. The summed E-state index contributed by atoms with van der Waals surface area (Å²) in [5.74, 6) is 0.784. The molecule has 1 heterocycles. The summed E-state index contributed by atoms with van der Waals surface area (Å²) in [4.78, 5) is 0. The zero-order chi connectivity index (χ0) is 14.5. The van der Waals surface area contributed by atoms with Crippen molar-refractivity contribution in [3.05, 3.63) is 66.0 Å². The number of nitrogens with one attached hydrogen (secondary N) is 1. The third-order valence-electron chi connectivity index (χ3n) is 3.37. The lowest BCUT2D eigenvalue weighted by Crippen LogP contribution is -2.09. The average molecular weight is 279 g/mol. The molecule has 0 saturated heterocycles. The number of aromatic nitrogens is 4. The number of aryl methyl sites for hydroxylation is 1. The fourth-order valence-corrected chi connectivity index (χ4v) is 2.26. The molecule has 0 aliphatic carbocycles. The first-order valence-electron chi connectivity index (χ1n) is 7.03. The lowest BCUT2D eigenvalue weighted by molar-refractivity contribution is 0.768. The van der Waals surface area contributed by atoms with Gasteiger partial charge in [-0.15, -0.1) is 5.10 Å². The summed E-state index contributed by atoms with van der Waals surface area (Å²) in [5, 5.41) is 15.3. The van der Waals surface area contributed by atoms with E-state index in [9.17, 15) is 0 Å². The summed E-state index contributed by atoms with van der Waals surface area (Å²) < 4.78 is 1.75. The summed E-state index contributed by atoms with van der Waals surface area (Å²) in [6.45, 7) is 2.73. The summed E-state index contributed by atoms with van der Waals surface area (Å²) in [6, 6.07) is 18.2. The normalized spacial score (nSPS) is 10.5. The predicted molar refractivity (Wildman–Crippen MR) is 82.3 cm³/mol. The van der Waals surface area contributed by atoms with Crippen LogP contribution in [0, 0.1) is 0 Å². The minimum Gasteiger partial charge on any atom is -0.377 e. The first kappa shape index (κ1) is 13.3. The van der Waals surface area contributed by atoms with Crippen LogP contribution in [-0.4, -0.2) is 20.2 Å². The molecule has 0 aliphatic rings. The van der Waals surface area contributed by atoms with Gasteiger partial charge in [-0.2, -0.15) is 4.68 Å². The Balaban J connectivity index is 1.79. The Hall–Kier alpha value is -2.69. The molecule has 0 aliphatic heterocycles. The highest BCUT2D eigenvalue weighted by atomic mass is 15.5. The van der Waals surface area contributed by atoms with E-state index in [1.165, 1.54) is 5.56 Å². The number of hydrogen-bond donors (Lipinski definition) is 1. The maximum Gasteiger partial charge on any atom is 0.175 e. The van der Waals surface area contributed by atoms with Crippen LogP contribution < -0.4 is 5.32 Å². The molecule has 5 heteroatoms. The van der Waals surface area contributed by atoms with Crippen molar-refractivity contribution in [1.29, 1.82) is 0 Å². The number of benzene rings is 2. The molecule has 1 N–H and O–H groups in total. The average Bonchev–Trinajstić information content (AvgIpc) is 3.02. The van der Waals surface area contributed by atoms with Gasteiger partial charge in [0.25, 0.3) is 0 Å². The minimum absolute atomic E-state index is 0.582. The van der Waals surface area contributed by atoms with Crippen LogP contribution in [0.15, 0.2) is 54.6 Å². The standard InChI is InChI=1S/C16H17N5/c1-2-13-8-6-7-11-15(13)17-12-16-18-19-20-21(16)14-9-4-3-5-10-14/h3-11,17H,2,12H2,1H3. The second-order valence-corrected chi connectivity index (χ2v) is 4.71. The highest BCUT2D eigenvalue weighted by molar-refractivity contribution is 5.51. The van der Waals surface area contributed by atoms with Crippen molar-refractivity contribution in [2.75, 3.05) is 5.32 Å². The van der Waals surface area contributed by atoms with Gasteiger partial charge in [0.2, 0.25) is 0 Å². The molecule has 1 aromatic heterocycles. The Kier molecular flexibility index (Phi) is 3.91. The molecule has 3 rings (SSSR count). The summed E-state index contributed by atoms with van der Waals surface area (Å²) >= 11 is 0. The van der Waals surface area contributed by atoms with Gasteiger partial charge in [0.05, 0.1) is 12.2 Å². The lowest BCUT2D eigenvalue weighted by atomic mass is 10.1. The van der Waals surface area contributed by atoms with Crippen LogP contribution in [0.25, 0.3) is 5.69 Å². The van der Waals surface area contributed by atoms with Crippen molar-refractivity contribution in [3.63, 3.8) is 0 Å². The number of anilines is 1. The molecule has 0 bridgehead atoms. The molecule has 2 aromatic carbocycles. The van der Waals surface area contributed by atoms with Gasteiger partial charge in [-0.05, 0) is 40.6 Å². The van der Waals surface area contributed by atoms with Crippen LogP contribution in [0.2, 0.25) is 0 Å². The fraction of sp³-hybridized carbons (Fsp3) is 0.188. The van der Waals surface area contributed by atoms with E-state index in [4.69, 9.17) is 0 Å². The number of tetrazole rings is 1. The molecule has 0 atom stereocenters. The zero-order valence-corrected chi connectivity index (χ0v) is 11.9. The third-order valence-corrected chi connectivity index (χ3v) is 3.37. The quantitative estimate of drug-likeness (QED) is 0.780. The largest absolute Gasteiger partial charge is 0.377 e. The molecule has 3 aromatic rings. The number of para-hydroxylation sites is 2. The van der Waals surface area contributed by atoms with Crippen molar-refractivity contribution >= 4 is 5.69 Å². The van der Waals surface area contributed by atoms with Crippen LogP contribution in [0.5, 0.6) is 0 Å². The van der Waals surface area contributed by atoms with E-state index in [0.717, 1.165) is 23.6 Å². The maximum absolute atomic E-state index is 4.10. The molecule has 5 nitrogen and oxygen atoms in total. The van der Waals surface area contributed by atoms with E-state index in [1.54, 1.807) is 4.68 Å². The van der Waals surface area contributed by atoms with Gasteiger partial charge in [-0.3, -0.25) is 0 Å². The Morgan fingerprint density at radius 2 is 1.76 bits per heavy atom.